The van der Waals surface area contributed by atoms with Crippen molar-refractivity contribution in [3.63, 3.8) is 0 Å². The van der Waals surface area contributed by atoms with E-state index in [9.17, 15) is 0 Å². The summed E-state index contributed by atoms with van der Waals surface area (Å²) in [5, 5.41) is 1.28. The van der Waals surface area contributed by atoms with Gasteiger partial charge >= 0.3 is 0 Å². The van der Waals surface area contributed by atoms with Crippen molar-refractivity contribution in [3.8, 4) is 5.75 Å². The highest BCUT2D eigenvalue weighted by Crippen LogP contribution is 2.24. The van der Waals surface area contributed by atoms with Crippen molar-refractivity contribution in [1.29, 1.82) is 0 Å². The molecule has 5 nitrogen and oxygen atoms in total. The first-order valence-electron chi connectivity index (χ1n) is 7.15. The van der Waals surface area contributed by atoms with Gasteiger partial charge in [0.15, 0.2) is 16.1 Å². The SMILES string of the molecule is CC(C)COc1ccc(CCSc2nc(N)cc(Cl)n2)nc1Cl. The minimum Gasteiger partial charge on any atom is -0.490 e. The number of nitrogen functional groups attached to an aromatic ring is 1. The van der Waals surface area contributed by atoms with E-state index >= 15 is 0 Å². The molecule has 2 N–H and O–H groups in total. The van der Waals surface area contributed by atoms with E-state index in [2.05, 4.69) is 28.8 Å². The monoisotopic (exact) mass is 372 g/mol. The lowest BCUT2D eigenvalue weighted by Gasteiger charge is -2.10. The molecule has 0 aromatic carbocycles. The Hall–Kier alpha value is -1.24. The van der Waals surface area contributed by atoms with E-state index in [1.807, 2.05) is 12.1 Å². The van der Waals surface area contributed by atoms with Crippen LogP contribution in [0.25, 0.3) is 0 Å². The van der Waals surface area contributed by atoms with Gasteiger partial charge in [-0.1, -0.05) is 48.8 Å². The Kier molecular flexibility index (Phi) is 6.74. The molecule has 0 fully saturated rings. The van der Waals surface area contributed by atoms with Gasteiger partial charge in [0.1, 0.15) is 11.0 Å². The van der Waals surface area contributed by atoms with E-state index in [4.69, 9.17) is 33.7 Å². The van der Waals surface area contributed by atoms with Gasteiger partial charge in [-0.05, 0) is 24.5 Å². The van der Waals surface area contributed by atoms with Crippen LogP contribution in [0.5, 0.6) is 5.75 Å². The molecule has 0 aliphatic rings. The molecule has 0 aliphatic carbocycles. The van der Waals surface area contributed by atoms with Gasteiger partial charge in [0.25, 0.3) is 0 Å². The van der Waals surface area contributed by atoms with Crippen LogP contribution in [-0.2, 0) is 6.42 Å². The number of pyridine rings is 1. The van der Waals surface area contributed by atoms with Crippen molar-refractivity contribution in [2.24, 2.45) is 5.92 Å². The number of hydrogen-bond donors (Lipinski definition) is 1. The highest BCUT2D eigenvalue weighted by molar-refractivity contribution is 7.99. The first kappa shape index (κ1) is 18.1. The summed E-state index contributed by atoms with van der Waals surface area (Å²) in [5.41, 5.74) is 6.52. The zero-order valence-corrected chi connectivity index (χ0v) is 15.3. The van der Waals surface area contributed by atoms with Crippen LogP contribution in [0, 0.1) is 5.92 Å². The van der Waals surface area contributed by atoms with Crippen LogP contribution in [-0.4, -0.2) is 27.3 Å². The molecule has 0 unspecified atom stereocenters. The molecule has 0 spiro atoms. The number of aromatic nitrogens is 3. The molecule has 0 amide bonds. The van der Waals surface area contributed by atoms with Crippen LogP contribution in [0.4, 0.5) is 5.82 Å². The van der Waals surface area contributed by atoms with E-state index in [1.54, 1.807) is 0 Å². The molecule has 2 heterocycles. The summed E-state index contributed by atoms with van der Waals surface area (Å²) in [6, 6.07) is 5.28. The zero-order valence-electron chi connectivity index (χ0n) is 12.9. The molecule has 2 aromatic heterocycles. The second kappa shape index (κ2) is 8.57. The van der Waals surface area contributed by atoms with Crippen LogP contribution < -0.4 is 10.5 Å². The number of anilines is 1. The molecule has 8 heteroatoms. The van der Waals surface area contributed by atoms with Crippen molar-refractivity contribution >= 4 is 40.8 Å². The van der Waals surface area contributed by atoms with Gasteiger partial charge in [-0.25, -0.2) is 15.0 Å². The third kappa shape index (κ3) is 6.05. The molecule has 23 heavy (non-hydrogen) atoms. The highest BCUT2D eigenvalue weighted by atomic mass is 35.5. The number of aryl methyl sites for hydroxylation is 1. The van der Waals surface area contributed by atoms with Crippen molar-refractivity contribution < 1.29 is 4.74 Å². The van der Waals surface area contributed by atoms with Crippen molar-refractivity contribution in [2.75, 3.05) is 18.1 Å². The fraction of sp³-hybridized carbons (Fsp3) is 0.400. The third-order valence-corrected chi connectivity index (χ3v) is 4.04. The minimum atomic E-state index is 0.341. The van der Waals surface area contributed by atoms with Gasteiger partial charge in [-0.15, -0.1) is 0 Å². The molecule has 0 radical (unpaired) electrons. The Bertz CT molecular complexity index is 650. The standard InChI is InChI=1S/C15H18Cl2N4OS/c1-9(2)8-22-11-4-3-10(19-14(11)17)5-6-23-15-20-12(16)7-13(18)21-15/h3-4,7,9H,5-6,8H2,1-2H3,(H2,18,20,21). The van der Waals surface area contributed by atoms with Gasteiger partial charge < -0.3 is 10.5 Å². The number of rotatable bonds is 7. The summed E-state index contributed by atoms with van der Waals surface area (Å²) < 4.78 is 5.61. The molecule has 0 saturated carbocycles. The van der Waals surface area contributed by atoms with Gasteiger partial charge in [0.2, 0.25) is 0 Å². The van der Waals surface area contributed by atoms with E-state index in [1.165, 1.54) is 17.8 Å². The molecule has 0 atom stereocenters. The summed E-state index contributed by atoms with van der Waals surface area (Å²) in [4.78, 5) is 12.6. The Balaban J connectivity index is 1.89. The number of halogens is 2. The molecule has 2 rings (SSSR count). The summed E-state index contributed by atoms with van der Waals surface area (Å²) in [7, 11) is 0. The summed E-state index contributed by atoms with van der Waals surface area (Å²) in [5.74, 6) is 2.16. The molecule has 0 aliphatic heterocycles. The van der Waals surface area contributed by atoms with E-state index in [0.717, 1.165) is 17.9 Å². The minimum absolute atomic E-state index is 0.341. The average molecular weight is 373 g/mol. The van der Waals surface area contributed by atoms with Gasteiger partial charge in [0, 0.05) is 17.5 Å². The number of thioether (sulfide) groups is 1. The number of hydrogen-bond acceptors (Lipinski definition) is 6. The van der Waals surface area contributed by atoms with E-state index in [-0.39, 0.29) is 0 Å². The molecule has 2 aromatic rings. The highest BCUT2D eigenvalue weighted by Gasteiger charge is 2.07. The Morgan fingerprint density at radius 2 is 2.00 bits per heavy atom. The Labute approximate surface area is 150 Å². The van der Waals surface area contributed by atoms with Crippen LogP contribution >= 0.6 is 35.0 Å². The molecule has 0 bridgehead atoms. The lowest BCUT2D eigenvalue weighted by Crippen LogP contribution is -2.05. The normalized spacial score (nSPS) is 11.0. The van der Waals surface area contributed by atoms with Crippen LogP contribution in [0.1, 0.15) is 19.5 Å². The smallest absolute Gasteiger partial charge is 0.190 e. The quantitative estimate of drug-likeness (QED) is 0.340. The maximum Gasteiger partial charge on any atom is 0.190 e. The van der Waals surface area contributed by atoms with E-state index in [0.29, 0.717) is 39.6 Å². The summed E-state index contributed by atoms with van der Waals surface area (Å²) in [6.45, 7) is 4.78. The molecule has 124 valence electrons. The van der Waals surface area contributed by atoms with Crippen molar-refractivity contribution in [2.45, 2.75) is 25.4 Å². The van der Waals surface area contributed by atoms with Gasteiger partial charge in [0.05, 0.1) is 6.61 Å². The second-order valence-corrected chi connectivity index (χ2v) is 7.10. The summed E-state index contributed by atoms with van der Waals surface area (Å²) >= 11 is 13.5. The van der Waals surface area contributed by atoms with Crippen LogP contribution in [0.15, 0.2) is 23.4 Å². The Morgan fingerprint density at radius 1 is 1.22 bits per heavy atom. The maximum atomic E-state index is 6.15. The number of nitrogens with two attached hydrogens (primary N) is 1. The van der Waals surface area contributed by atoms with Crippen molar-refractivity contribution in [1.82, 2.24) is 15.0 Å². The van der Waals surface area contributed by atoms with E-state index < -0.39 is 0 Å². The zero-order chi connectivity index (χ0) is 16.8. The number of ether oxygens (including phenoxy) is 1. The van der Waals surface area contributed by atoms with Gasteiger partial charge in [-0.3, -0.25) is 0 Å². The topological polar surface area (TPSA) is 73.9 Å². The molecular weight excluding hydrogens is 355 g/mol. The summed E-state index contributed by atoms with van der Waals surface area (Å²) in [6.07, 6.45) is 0.727. The van der Waals surface area contributed by atoms with Crippen LogP contribution in [0.2, 0.25) is 10.3 Å². The largest absolute Gasteiger partial charge is 0.490 e. The fourth-order valence-electron chi connectivity index (χ4n) is 1.69. The van der Waals surface area contributed by atoms with Gasteiger partial charge in [-0.2, -0.15) is 0 Å². The van der Waals surface area contributed by atoms with Crippen molar-refractivity contribution in [3.05, 3.63) is 34.2 Å². The Morgan fingerprint density at radius 3 is 2.65 bits per heavy atom. The average Bonchev–Trinajstić information content (AvgIpc) is 2.45. The predicted octanol–water partition coefficient (Wildman–Crippen LogP) is 4.13. The lowest BCUT2D eigenvalue weighted by atomic mass is 10.2. The number of nitrogens with zero attached hydrogens (tertiary/aromatic N) is 3. The fourth-order valence-corrected chi connectivity index (χ4v) is 2.98. The molecule has 0 saturated heterocycles. The molecular formula is C15H18Cl2N4OS. The second-order valence-electron chi connectivity index (χ2n) is 5.29. The van der Waals surface area contributed by atoms with Crippen LogP contribution in [0.3, 0.4) is 0 Å². The first-order chi connectivity index (χ1) is 10.9. The maximum absolute atomic E-state index is 6.15. The first-order valence-corrected chi connectivity index (χ1v) is 8.89. The predicted molar refractivity (Wildman–Crippen MR) is 95.5 cm³/mol. The lowest BCUT2D eigenvalue weighted by molar-refractivity contribution is 0.270. The third-order valence-electron chi connectivity index (χ3n) is 2.73.